The van der Waals surface area contributed by atoms with Gasteiger partial charge in [0.25, 0.3) is 0 Å². The normalized spacial score (nSPS) is 11.9. The fraction of sp³-hybridized carbons (Fsp3) is 1.00. The first-order chi connectivity index (χ1) is 9.68. The highest BCUT2D eigenvalue weighted by Crippen LogP contribution is 2.78. The van der Waals surface area contributed by atoms with Gasteiger partial charge in [-0.25, -0.2) is 0 Å². The molecule has 0 saturated heterocycles. The molecular weight excluding hydrogens is 339 g/mol. The predicted molar refractivity (Wildman–Crippen MR) is 110 cm³/mol. The van der Waals surface area contributed by atoms with Gasteiger partial charge in [-0.05, 0) is 36.5 Å². The second-order valence-electron chi connectivity index (χ2n) is 5.07. The van der Waals surface area contributed by atoms with Gasteiger partial charge in [-0.2, -0.15) is 0 Å². The molecule has 0 aliphatic carbocycles. The van der Waals surface area contributed by atoms with Crippen molar-refractivity contribution in [3.8, 4) is 0 Å². The van der Waals surface area contributed by atoms with Gasteiger partial charge in [0.15, 0.2) is 0 Å². The molecule has 0 saturated carbocycles. The van der Waals surface area contributed by atoms with Crippen molar-refractivity contribution in [1.82, 2.24) is 0 Å². The van der Waals surface area contributed by atoms with Crippen LogP contribution in [-0.2, 0) is 11.8 Å². The first-order valence-corrected chi connectivity index (χ1v) is 15.8. The zero-order valence-electron chi connectivity index (χ0n) is 13.6. The monoisotopic (exact) mass is 372 g/mol. The van der Waals surface area contributed by atoms with Crippen LogP contribution in [0.25, 0.3) is 0 Å². The lowest BCUT2D eigenvalue weighted by Gasteiger charge is -2.20. The summed E-state index contributed by atoms with van der Waals surface area (Å²) in [7, 11) is 0. The molecule has 20 heavy (non-hydrogen) atoms. The Labute approximate surface area is 145 Å². The van der Waals surface area contributed by atoms with Crippen molar-refractivity contribution in [2.24, 2.45) is 0 Å². The Kier molecular flexibility index (Phi) is 16.9. The molecule has 0 bridgehead atoms. The number of unbranched alkanes of at least 4 members (excludes halogenated alkanes) is 6. The molecule has 122 valence electrons. The van der Waals surface area contributed by atoms with Crippen molar-refractivity contribution in [2.75, 3.05) is 17.3 Å². The molecule has 0 spiro atoms. The Morgan fingerprint density at radius 2 is 0.900 bits per heavy atom. The summed E-state index contributed by atoms with van der Waals surface area (Å²) in [5.74, 6) is 3.85. The van der Waals surface area contributed by atoms with Crippen molar-refractivity contribution in [2.45, 2.75) is 78.6 Å². The molecule has 0 amide bonds. The molecule has 0 aromatic rings. The molecular formula is C15H33PS4. The van der Waals surface area contributed by atoms with Crippen molar-refractivity contribution in [3.63, 3.8) is 0 Å². The molecule has 0 aliphatic rings. The van der Waals surface area contributed by atoms with Crippen molar-refractivity contribution < 1.29 is 0 Å². The van der Waals surface area contributed by atoms with Crippen LogP contribution >= 0.6 is 37.8 Å². The third kappa shape index (κ3) is 13.4. The third-order valence-electron chi connectivity index (χ3n) is 2.99. The summed E-state index contributed by atoms with van der Waals surface area (Å²) in [5, 5.41) is 0. The fourth-order valence-electron chi connectivity index (χ4n) is 1.70. The standard InChI is InChI=1S/C15H33PS4/c1-4-7-10-13-18-16(17,19-14-11-8-5-2)20-15-12-9-6-3/h4-15H2,1-3H3. The van der Waals surface area contributed by atoms with E-state index in [4.69, 9.17) is 11.8 Å². The van der Waals surface area contributed by atoms with Crippen molar-refractivity contribution in [1.29, 1.82) is 0 Å². The van der Waals surface area contributed by atoms with Gasteiger partial charge in [-0.1, -0.05) is 71.1 Å². The van der Waals surface area contributed by atoms with E-state index in [1.807, 2.05) is 0 Å². The molecule has 0 atom stereocenters. The lowest BCUT2D eigenvalue weighted by atomic mass is 10.3. The van der Waals surface area contributed by atoms with E-state index in [0.717, 1.165) is 0 Å². The minimum absolute atomic E-state index is 1.26. The van der Waals surface area contributed by atoms with E-state index in [-0.39, 0.29) is 0 Å². The predicted octanol–water partition coefficient (Wildman–Crippen LogP) is 7.98. The van der Waals surface area contributed by atoms with E-state index >= 15 is 0 Å². The summed E-state index contributed by atoms with van der Waals surface area (Å²) in [6.45, 7) is 6.83. The molecule has 0 heterocycles. The van der Waals surface area contributed by atoms with Crippen LogP contribution in [-0.4, -0.2) is 17.3 Å². The van der Waals surface area contributed by atoms with Gasteiger partial charge in [0.05, 0.1) is 0 Å². The highest BCUT2D eigenvalue weighted by Gasteiger charge is 2.18. The van der Waals surface area contributed by atoms with E-state index in [1.54, 1.807) is 0 Å². The smallest absolute Gasteiger partial charge is 0.104 e. The molecule has 0 fully saturated rings. The Morgan fingerprint density at radius 3 is 1.15 bits per heavy atom. The average molecular weight is 373 g/mol. The van der Waals surface area contributed by atoms with Crippen LogP contribution in [0.4, 0.5) is 0 Å². The fourth-order valence-corrected chi connectivity index (χ4v) is 15.5. The second kappa shape index (κ2) is 15.6. The van der Waals surface area contributed by atoms with E-state index < -0.39 is 3.64 Å². The molecule has 0 unspecified atom stereocenters. The highest BCUT2D eigenvalue weighted by molar-refractivity contribution is 9.23. The van der Waals surface area contributed by atoms with Crippen molar-refractivity contribution in [3.05, 3.63) is 0 Å². The molecule has 5 heteroatoms. The first kappa shape index (κ1) is 21.7. The summed E-state index contributed by atoms with van der Waals surface area (Å²) in [6.07, 6.45) is 12.1. The summed E-state index contributed by atoms with van der Waals surface area (Å²) in [6, 6.07) is 0. The lowest BCUT2D eigenvalue weighted by molar-refractivity contribution is 0.779. The molecule has 0 nitrogen and oxygen atoms in total. The van der Waals surface area contributed by atoms with Crippen LogP contribution in [0.15, 0.2) is 0 Å². The van der Waals surface area contributed by atoms with E-state index in [0.29, 0.717) is 0 Å². The molecule has 0 aromatic carbocycles. The SMILES string of the molecule is CCCCCSP(=S)(SCCCCC)SCCCCC. The minimum Gasteiger partial charge on any atom is -0.104 e. The van der Waals surface area contributed by atoms with Crippen LogP contribution in [0.3, 0.4) is 0 Å². The molecule has 0 radical (unpaired) electrons. The number of rotatable bonds is 15. The average Bonchev–Trinajstić information content (AvgIpc) is 2.45. The van der Waals surface area contributed by atoms with Gasteiger partial charge >= 0.3 is 0 Å². The summed E-state index contributed by atoms with van der Waals surface area (Å²) in [4.78, 5) is 0. The number of hydrogen-bond acceptors (Lipinski definition) is 4. The minimum atomic E-state index is -1.26. The Hall–Kier alpha value is 1.70. The second-order valence-corrected chi connectivity index (χ2v) is 21.0. The van der Waals surface area contributed by atoms with Crippen LogP contribution in [0.2, 0.25) is 0 Å². The Balaban J connectivity index is 4.02. The largest absolute Gasteiger partial charge is 0.109 e. The van der Waals surface area contributed by atoms with E-state index in [1.165, 1.54) is 75.0 Å². The third-order valence-corrected chi connectivity index (χ3v) is 18.4. The van der Waals surface area contributed by atoms with Crippen LogP contribution in [0.5, 0.6) is 0 Å². The summed E-state index contributed by atoms with van der Waals surface area (Å²) >= 11 is 12.4. The van der Waals surface area contributed by atoms with Gasteiger partial charge < -0.3 is 0 Å². The van der Waals surface area contributed by atoms with Crippen LogP contribution in [0.1, 0.15) is 78.6 Å². The molecule has 0 rings (SSSR count). The van der Waals surface area contributed by atoms with Gasteiger partial charge in [-0.3, -0.25) is 0 Å². The Morgan fingerprint density at radius 1 is 0.600 bits per heavy atom. The quantitative estimate of drug-likeness (QED) is 0.211. The lowest BCUT2D eigenvalue weighted by Crippen LogP contribution is -1.83. The maximum Gasteiger partial charge on any atom is 0.109 e. The van der Waals surface area contributed by atoms with E-state index in [2.05, 4.69) is 54.9 Å². The molecule has 0 aromatic heterocycles. The maximum atomic E-state index is 6.05. The molecule has 0 N–H and O–H groups in total. The zero-order chi connectivity index (χ0) is 15.1. The molecule has 0 aliphatic heterocycles. The zero-order valence-corrected chi connectivity index (χ0v) is 17.7. The van der Waals surface area contributed by atoms with Crippen LogP contribution < -0.4 is 0 Å². The Bertz CT molecular complexity index is 208. The summed E-state index contributed by atoms with van der Waals surface area (Å²) in [5.41, 5.74) is 0. The topological polar surface area (TPSA) is 0 Å². The summed E-state index contributed by atoms with van der Waals surface area (Å²) < 4.78 is -1.26. The number of hydrogen-bond donors (Lipinski definition) is 0. The highest BCUT2D eigenvalue weighted by atomic mass is 33.5. The van der Waals surface area contributed by atoms with E-state index in [9.17, 15) is 0 Å². The van der Waals surface area contributed by atoms with Gasteiger partial charge in [0.1, 0.15) is 3.64 Å². The maximum absolute atomic E-state index is 6.05. The van der Waals surface area contributed by atoms with Gasteiger partial charge in [0.2, 0.25) is 0 Å². The van der Waals surface area contributed by atoms with Gasteiger partial charge in [-0.15, -0.1) is 34.1 Å². The first-order valence-electron chi connectivity index (χ1n) is 8.22. The van der Waals surface area contributed by atoms with Crippen LogP contribution in [0, 0.1) is 0 Å². The van der Waals surface area contributed by atoms with Gasteiger partial charge in [0, 0.05) is 0 Å². The van der Waals surface area contributed by atoms with Crippen molar-refractivity contribution >= 4 is 49.6 Å².